The number of esters is 1. The van der Waals surface area contributed by atoms with Gasteiger partial charge in [0.15, 0.2) is 0 Å². The summed E-state index contributed by atoms with van der Waals surface area (Å²) in [6.07, 6.45) is 0.318. The Morgan fingerprint density at radius 1 is 1.42 bits per heavy atom. The van der Waals surface area contributed by atoms with E-state index in [1.807, 2.05) is 0 Å². The van der Waals surface area contributed by atoms with Gasteiger partial charge in [0, 0.05) is 6.42 Å². The number of nitrogens with one attached hydrogen (secondary N) is 1. The minimum atomic E-state index is -0.584. The van der Waals surface area contributed by atoms with E-state index in [1.54, 1.807) is 13.8 Å². The predicted molar refractivity (Wildman–Crippen MR) is 44.2 cm³/mol. The molecule has 0 fully saturated rings. The van der Waals surface area contributed by atoms with Crippen molar-refractivity contribution in [2.24, 2.45) is 0 Å². The van der Waals surface area contributed by atoms with Gasteiger partial charge in [0.2, 0.25) is 5.91 Å². The topological polar surface area (TPSA) is 55.4 Å². The van der Waals surface area contributed by atoms with Gasteiger partial charge < -0.3 is 10.1 Å². The molecule has 1 amide bonds. The van der Waals surface area contributed by atoms with Gasteiger partial charge in [0.25, 0.3) is 0 Å². The Hall–Kier alpha value is -1.32. The van der Waals surface area contributed by atoms with E-state index < -0.39 is 5.97 Å². The molecule has 0 bridgehead atoms. The molecule has 0 saturated heterocycles. The van der Waals surface area contributed by atoms with Crippen LogP contribution in [0.15, 0.2) is 12.3 Å². The van der Waals surface area contributed by atoms with Crippen LogP contribution in [0.3, 0.4) is 0 Å². The van der Waals surface area contributed by atoms with E-state index in [9.17, 15) is 9.59 Å². The number of amides is 1. The first-order valence-electron chi connectivity index (χ1n) is 3.77. The molecule has 68 valence electrons. The number of carbonyl (C=O) groups is 2. The maximum atomic E-state index is 10.9. The summed E-state index contributed by atoms with van der Waals surface area (Å²) >= 11 is 0. The quantitative estimate of drug-likeness (QED) is 0.497. The molecule has 12 heavy (non-hydrogen) atoms. The lowest BCUT2D eigenvalue weighted by molar-refractivity contribution is -0.140. The maximum Gasteiger partial charge on any atom is 0.354 e. The molecule has 0 aliphatic heterocycles. The van der Waals surface area contributed by atoms with Crippen LogP contribution in [-0.2, 0) is 14.3 Å². The smallest absolute Gasteiger partial charge is 0.354 e. The number of rotatable bonds is 4. The summed E-state index contributed by atoms with van der Waals surface area (Å²) in [7, 11) is 0. The monoisotopic (exact) mass is 171 g/mol. The second-order valence-electron chi connectivity index (χ2n) is 2.10. The van der Waals surface area contributed by atoms with E-state index >= 15 is 0 Å². The number of hydrogen-bond acceptors (Lipinski definition) is 3. The van der Waals surface area contributed by atoms with Crippen LogP contribution in [0.25, 0.3) is 0 Å². The van der Waals surface area contributed by atoms with Crippen molar-refractivity contribution in [3.63, 3.8) is 0 Å². The minimum absolute atomic E-state index is 0.0105. The van der Waals surface area contributed by atoms with Gasteiger partial charge in [-0.05, 0) is 6.92 Å². The van der Waals surface area contributed by atoms with Crippen molar-refractivity contribution in [2.45, 2.75) is 20.3 Å². The Bertz CT molecular complexity index is 198. The Labute approximate surface area is 71.6 Å². The van der Waals surface area contributed by atoms with E-state index in [0.29, 0.717) is 6.42 Å². The zero-order valence-electron chi connectivity index (χ0n) is 7.35. The van der Waals surface area contributed by atoms with Crippen molar-refractivity contribution >= 4 is 11.9 Å². The van der Waals surface area contributed by atoms with Crippen LogP contribution in [0, 0.1) is 0 Å². The first-order valence-corrected chi connectivity index (χ1v) is 3.77. The summed E-state index contributed by atoms with van der Waals surface area (Å²) in [4.78, 5) is 21.6. The molecule has 0 aromatic heterocycles. The Morgan fingerprint density at radius 3 is 2.42 bits per heavy atom. The van der Waals surface area contributed by atoms with Gasteiger partial charge in [-0.1, -0.05) is 13.5 Å². The molecule has 0 saturated carbocycles. The fourth-order valence-corrected chi connectivity index (χ4v) is 0.526. The highest BCUT2D eigenvalue weighted by Gasteiger charge is 2.09. The summed E-state index contributed by atoms with van der Waals surface area (Å²) in [5.74, 6) is -0.827. The summed E-state index contributed by atoms with van der Waals surface area (Å²) < 4.78 is 4.60. The molecule has 0 spiro atoms. The number of hydrogen-bond donors (Lipinski definition) is 1. The van der Waals surface area contributed by atoms with Crippen LogP contribution in [0.4, 0.5) is 0 Å². The van der Waals surface area contributed by atoms with Gasteiger partial charge in [-0.3, -0.25) is 4.79 Å². The molecule has 0 aliphatic rings. The molecular formula is C8H13NO3. The lowest BCUT2D eigenvalue weighted by Gasteiger charge is -2.05. The van der Waals surface area contributed by atoms with Crippen molar-refractivity contribution in [2.75, 3.05) is 6.61 Å². The molecular weight excluding hydrogens is 158 g/mol. The van der Waals surface area contributed by atoms with Crippen LogP contribution < -0.4 is 5.32 Å². The molecule has 0 atom stereocenters. The third-order valence-electron chi connectivity index (χ3n) is 1.13. The zero-order chi connectivity index (χ0) is 9.56. The minimum Gasteiger partial charge on any atom is -0.461 e. The Kier molecular flexibility index (Phi) is 4.76. The molecule has 4 nitrogen and oxygen atoms in total. The van der Waals surface area contributed by atoms with Gasteiger partial charge in [0.05, 0.1) is 6.61 Å². The average Bonchev–Trinajstić information content (AvgIpc) is 2.04. The SMILES string of the molecule is C=C(NC(=O)CC)C(=O)OCC. The van der Waals surface area contributed by atoms with Gasteiger partial charge >= 0.3 is 5.97 Å². The second-order valence-corrected chi connectivity index (χ2v) is 2.10. The summed E-state index contributed by atoms with van der Waals surface area (Å²) in [6, 6.07) is 0. The van der Waals surface area contributed by atoms with E-state index in [1.165, 1.54) is 0 Å². The van der Waals surface area contributed by atoms with Gasteiger partial charge in [0.1, 0.15) is 5.70 Å². The van der Waals surface area contributed by atoms with Crippen LogP contribution >= 0.6 is 0 Å². The van der Waals surface area contributed by atoms with E-state index in [2.05, 4.69) is 16.6 Å². The number of carbonyl (C=O) groups excluding carboxylic acids is 2. The molecule has 0 heterocycles. The molecule has 0 radical (unpaired) electrons. The normalized spacial score (nSPS) is 8.83. The fraction of sp³-hybridized carbons (Fsp3) is 0.500. The van der Waals surface area contributed by atoms with Gasteiger partial charge in [-0.2, -0.15) is 0 Å². The van der Waals surface area contributed by atoms with Crippen molar-refractivity contribution in [1.82, 2.24) is 5.32 Å². The third kappa shape index (κ3) is 3.75. The van der Waals surface area contributed by atoms with Crippen molar-refractivity contribution in [1.29, 1.82) is 0 Å². The third-order valence-corrected chi connectivity index (χ3v) is 1.13. The van der Waals surface area contributed by atoms with Crippen molar-refractivity contribution in [3.05, 3.63) is 12.3 Å². The molecule has 0 aromatic rings. The highest BCUT2D eigenvalue weighted by molar-refractivity contribution is 5.93. The average molecular weight is 171 g/mol. The molecule has 0 aromatic carbocycles. The molecule has 0 aliphatic carbocycles. The first-order chi connectivity index (χ1) is 5.61. The molecule has 0 unspecified atom stereocenters. The van der Waals surface area contributed by atoms with Crippen LogP contribution in [0.5, 0.6) is 0 Å². The van der Waals surface area contributed by atoms with E-state index in [4.69, 9.17) is 0 Å². The maximum absolute atomic E-state index is 10.9. The lowest BCUT2D eigenvalue weighted by atomic mass is 10.4. The van der Waals surface area contributed by atoms with Crippen molar-refractivity contribution in [3.8, 4) is 0 Å². The molecule has 1 N–H and O–H groups in total. The predicted octanol–water partition coefficient (Wildman–Crippen LogP) is 0.589. The van der Waals surface area contributed by atoms with Gasteiger partial charge in [-0.25, -0.2) is 4.79 Å². The summed E-state index contributed by atoms with van der Waals surface area (Å²) in [5, 5.41) is 2.31. The summed E-state index contributed by atoms with van der Waals surface area (Å²) in [5.41, 5.74) is -0.0105. The van der Waals surface area contributed by atoms with Gasteiger partial charge in [-0.15, -0.1) is 0 Å². The second kappa shape index (κ2) is 5.35. The first kappa shape index (κ1) is 10.7. The highest BCUT2D eigenvalue weighted by atomic mass is 16.5. The zero-order valence-corrected chi connectivity index (χ0v) is 7.35. The lowest BCUT2D eigenvalue weighted by Crippen LogP contribution is -2.26. The fourth-order valence-electron chi connectivity index (χ4n) is 0.526. The molecule has 4 heteroatoms. The highest BCUT2D eigenvalue weighted by Crippen LogP contribution is 1.90. The van der Waals surface area contributed by atoms with Crippen LogP contribution in [0.2, 0.25) is 0 Å². The van der Waals surface area contributed by atoms with Crippen LogP contribution in [0.1, 0.15) is 20.3 Å². The summed E-state index contributed by atoms with van der Waals surface area (Å²) in [6.45, 7) is 7.01. The standard InChI is InChI=1S/C8H13NO3/c1-4-7(10)9-6(3)8(11)12-5-2/h3-5H2,1-2H3,(H,9,10). The molecule has 0 rings (SSSR count). The van der Waals surface area contributed by atoms with E-state index in [0.717, 1.165) is 0 Å². The Morgan fingerprint density at radius 2 is 2.00 bits per heavy atom. The Balaban J connectivity index is 3.87. The van der Waals surface area contributed by atoms with Crippen LogP contribution in [-0.4, -0.2) is 18.5 Å². The van der Waals surface area contributed by atoms with E-state index in [-0.39, 0.29) is 18.2 Å². The van der Waals surface area contributed by atoms with Crippen molar-refractivity contribution < 1.29 is 14.3 Å². The number of ether oxygens (including phenoxy) is 1. The largest absolute Gasteiger partial charge is 0.461 e.